The Hall–Kier alpha value is -1.09. The average Bonchev–Trinajstić information content (AvgIpc) is 2.66. The predicted octanol–water partition coefficient (Wildman–Crippen LogP) is 3.99. The molecule has 3 rings (SSSR count). The Morgan fingerprint density at radius 1 is 0.950 bits per heavy atom. The van der Waals surface area contributed by atoms with Crippen LogP contribution in [0.5, 0.6) is 0 Å². The van der Waals surface area contributed by atoms with Gasteiger partial charge in [0.05, 0.1) is 10.7 Å². The summed E-state index contributed by atoms with van der Waals surface area (Å²) in [6.45, 7) is 2.82. The fraction of sp³-hybridized carbons (Fsp3) is 0.312. The molecule has 0 bridgehead atoms. The molecule has 1 aliphatic heterocycles. The largest absolute Gasteiger partial charge is 0.297 e. The van der Waals surface area contributed by atoms with Crippen LogP contribution in [0, 0.1) is 0 Å². The Kier molecular flexibility index (Phi) is 4.25. The first-order valence-electron chi connectivity index (χ1n) is 6.82. The minimum atomic E-state index is 0.502. The number of hydrogen-bond donors (Lipinski definition) is 0. The molecule has 1 aromatic heterocycles. The zero-order valence-electron chi connectivity index (χ0n) is 11.1. The topological polar surface area (TPSA) is 16.1 Å². The maximum Gasteiger partial charge on any atom is 0.129 e. The van der Waals surface area contributed by atoms with Crippen molar-refractivity contribution in [2.24, 2.45) is 0 Å². The quantitative estimate of drug-likeness (QED) is 0.780. The Bertz CT molecular complexity index is 586. The van der Waals surface area contributed by atoms with E-state index in [2.05, 4.69) is 34.1 Å². The van der Waals surface area contributed by atoms with Gasteiger partial charge in [-0.15, -0.1) is 0 Å². The van der Waals surface area contributed by atoms with Crippen molar-refractivity contribution < 1.29 is 0 Å². The molecule has 0 spiro atoms. The molecule has 0 saturated heterocycles. The van der Waals surface area contributed by atoms with Crippen LogP contribution in [0.1, 0.15) is 16.8 Å². The summed E-state index contributed by atoms with van der Waals surface area (Å²) in [7, 11) is 0. The van der Waals surface area contributed by atoms with Crippen LogP contribution in [0.4, 0.5) is 0 Å². The van der Waals surface area contributed by atoms with Crippen molar-refractivity contribution >= 4 is 23.2 Å². The lowest BCUT2D eigenvalue weighted by Gasteiger charge is -2.19. The normalized spacial score (nSPS) is 15.7. The summed E-state index contributed by atoms with van der Waals surface area (Å²) in [4.78, 5) is 6.73. The first-order valence-corrected chi connectivity index (χ1v) is 7.58. The van der Waals surface area contributed by atoms with Gasteiger partial charge in [0.2, 0.25) is 0 Å². The third-order valence-electron chi connectivity index (χ3n) is 3.77. The van der Waals surface area contributed by atoms with E-state index in [0.29, 0.717) is 10.2 Å². The van der Waals surface area contributed by atoms with Gasteiger partial charge in [0.15, 0.2) is 0 Å². The van der Waals surface area contributed by atoms with Gasteiger partial charge in [0.1, 0.15) is 5.15 Å². The van der Waals surface area contributed by atoms with Crippen molar-refractivity contribution in [1.29, 1.82) is 0 Å². The highest BCUT2D eigenvalue weighted by atomic mass is 35.5. The Balaban J connectivity index is 1.73. The molecule has 0 aliphatic carbocycles. The van der Waals surface area contributed by atoms with Gasteiger partial charge in [0.25, 0.3) is 0 Å². The molecule has 0 amide bonds. The molecule has 0 N–H and O–H groups in total. The van der Waals surface area contributed by atoms with Crippen LogP contribution in [0.2, 0.25) is 10.2 Å². The summed E-state index contributed by atoms with van der Waals surface area (Å²) in [5.74, 6) is 0. The third kappa shape index (κ3) is 3.14. The molecular formula is C16H16Cl2N2. The van der Waals surface area contributed by atoms with E-state index in [1.807, 2.05) is 6.07 Å². The minimum absolute atomic E-state index is 0.502. The summed E-state index contributed by atoms with van der Waals surface area (Å²) in [6.07, 6.45) is 2.16. The smallest absolute Gasteiger partial charge is 0.129 e. The van der Waals surface area contributed by atoms with E-state index in [-0.39, 0.29) is 0 Å². The molecule has 2 aromatic rings. The number of halogens is 2. The molecule has 0 unspecified atom stereocenters. The van der Waals surface area contributed by atoms with E-state index < -0.39 is 0 Å². The van der Waals surface area contributed by atoms with Crippen LogP contribution in [0.25, 0.3) is 0 Å². The van der Waals surface area contributed by atoms with E-state index >= 15 is 0 Å². The van der Waals surface area contributed by atoms with E-state index in [1.54, 1.807) is 6.07 Å². The van der Waals surface area contributed by atoms with Gasteiger partial charge >= 0.3 is 0 Å². The monoisotopic (exact) mass is 306 g/mol. The van der Waals surface area contributed by atoms with Crippen molar-refractivity contribution in [3.8, 4) is 0 Å². The Labute approximate surface area is 129 Å². The van der Waals surface area contributed by atoms with Crippen molar-refractivity contribution in [3.63, 3.8) is 0 Å². The van der Waals surface area contributed by atoms with Gasteiger partial charge in [-0.05, 0) is 36.1 Å². The lowest BCUT2D eigenvalue weighted by atomic mass is 10.0. The Morgan fingerprint density at radius 2 is 1.60 bits per heavy atom. The lowest BCUT2D eigenvalue weighted by Crippen LogP contribution is -2.26. The molecule has 4 heteroatoms. The second kappa shape index (κ2) is 6.13. The number of aromatic nitrogens is 1. The van der Waals surface area contributed by atoms with Gasteiger partial charge < -0.3 is 0 Å². The maximum atomic E-state index is 6.20. The molecule has 20 heavy (non-hydrogen) atoms. The van der Waals surface area contributed by atoms with Crippen LogP contribution in [0.3, 0.4) is 0 Å². The van der Waals surface area contributed by atoms with Gasteiger partial charge in [-0.2, -0.15) is 0 Å². The second-order valence-electron chi connectivity index (χ2n) is 5.11. The number of benzene rings is 1. The number of nitrogens with zero attached hydrogens (tertiary/aromatic N) is 2. The standard InChI is InChI=1S/C16H16Cl2N2/c17-14-5-6-16(18)19-15(14)11-20-9-7-12-3-1-2-4-13(12)8-10-20/h1-6H,7-11H2. The first kappa shape index (κ1) is 13.9. The van der Waals surface area contributed by atoms with Crippen molar-refractivity contribution in [3.05, 3.63) is 63.4 Å². The van der Waals surface area contributed by atoms with Gasteiger partial charge in [0, 0.05) is 19.6 Å². The Morgan fingerprint density at radius 3 is 2.25 bits per heavy atom. The number of rotatable bonds is 2. The predicted molar refractivity (Wildman–Crippen MR) is 83.4 cm³/mol. The van der Waals surface area contributed by atoms with Crippen LogP contribution < -0.4 is 0 Å². The molecule has 0 fully saturated rings. The van der Waals surface area contributed by atoms with Crippen molar-refractivity contribution in [2.45, 2.75) is 19.4 Å². The van der Waals surface area contributed by atoms with Crippen LogP contribution in [-0.2, 0) is 19.4 Å². The molecule has 2 nitrogen and oxygen atoms in total. The van der Waals surface area contributed by atoms with Gasteiger partial charge in [-0.25, -0.2) is 4.98 Å². The van der Waals surface area contributed by atoms with Crippen LogP contribution >= 0.6 is 23.2 Å². The third-order valence-corrected chi connectivity index (χ3v) is 4.33. The molecule has 0 radical (unpaired) electrons. The molecular weight excluding hydrogens is 291 g/mol. The fourth-order valence-corrected chi connectivity index (χ4v) is 2.98. The fourth-order valence-electron chi connectivity index (χ4n) is 2.65. The minimum Gasteiger partial charge on any atom is -0.297 e. The average molecular weight is 307 g/mol. The summed E-state index contributed by atoms with van der Waals surface area (Å²) in [5.41, 5.74) is 3.78. The van der Waals surface area contributed by atoms with E-state index in [9.17, 15) is 0 Å². The molecule has 0 atom stereocenters. The highest BCUT2D eigenvalue weighted by molar-refractivity contribution is 6.32. The number of fused-ring (bicyclic) bond motifs is 1. The second-order valence-corrected chi connectivity index (χ2v) is 5.90. The van der Waals surface area contributed by atoms with Gasteiger partial charge in [-0.3, -0.25) is 4.90 Å². The van der Waals surface area contributed by atoms with Crippen LogP contribution in [-0.4, -0.2) is 23.0 Å². The summed E-state index contributed by atoms with van der Waals surface area (Å²) in [5, 5.41) is 1.19. The maximum absolute atomic E-state index is 6.20. The zero-order chi connectivity index (χ0) is 13.9. The van der Waals surface area contributed by atoms with E-state index in [1.165, 1.54) is 11.1 Å². The zero-order valence-corrected chi connectivity index (χ0v) is 12.7. The van der Waals surface area contributed by atoms with Crippen LogP contribution in [0.15, 0.2) is 36.4 Å². The van der Waals surface area contributed by atoms with E-state index in [4.69, 9.17) is 23.2 Å². The van der Waals surface area contributed by atoms with E-state index in [0.717, 1.165) is 38.2 Å². The number of pyridine rings is 1. The first-order chi connectivity index (χ1) is 9.72. The molecule has 2 heterocycles. The summed E-state index contributed by atoms with van der Waals surface area (Å²) < 4.78 is 0. The molecule has 1 aliphatic rings. The highest BCUT2D eigenvalue weighted by Crippen LogP contribution is 2.21. The SMILES string of the molecule is Clc1ccc(Cl)c(CN2CCc3ccccc3CC2)n1. The highest BCUT2D eigenvalue weighted by Gasteiger charge is 2.15. The molecule has 104 valence electrons. The molecule has 0 saturated carbocycles. The van der Waals surface area contributed by atoms with Gasteiger partial charge in [-0.1, -0.05) is 47.5 Å². The number of hydrogen-bond acceptors (Lipinski definition) is 2. The summed E-state index contributed by atoms with van der Waals surface area (Å²) >= 11 is 12.1. The lowest BCUT2D eigenvalue weighted by molar-refractivity contribution is 0.276. The summed E-state index contributed by atoms with van der Waals surface area (Å²) in [6, 6.07) is 12.2. The van der Waals surface area contributed by atoms with Crippen molar-refractivity contribution in [2.75, 3.05) is 13.1 Å². The molecule has 1 aromatic carbocycles. The van der Waals surface area contributed by atoms with Crippen molar-refractivity contribution in [1.82, 2.24) is 9.88 Å².